The lowest BCUT2D eigenvalue weighted by Gasteiger charge is -2.07. The molecule has 2 aromatic rings. The summed E-state index contributed by atoms with van der Waals surface area (Å²) >= 11 is 0. The van der Waals surface area contributed by atoms with Crippen LogP contribution in [0.4, 0.5) is 0 Å². The molecule has 0 fully saturated rings. The van der Waals surface area contributed by atoms with Gasteiger partial charge in [-0.05, 0) is 19.1 Å². The van der Waals surface area contributed by atoms with Crippen molar-refractivity contribution >= 4 is 5.91 Å². The zero-order chi connectivity index (χ0) is 10.7. The molecular weight excluding hydrogens is 198 g/mol. The van der Waals surface area contributed by atoms with Crippen molar-refractivity contribution in [3.63, 3.8) is 0 Å². The number of aromatic nitrogens is 4. The molecule has 0 aliphatic rings. The molecule has 1 atom stereocenters. The summed E-state index contributed by atoms with van der Waals surface area (Å²) in [6, 6.07) is 2.91. The zero-order valence-corrected chi connectivity index (χ0v) is 7.97. The van der Waals surface area contributed by atoms with Gasteiger partial charge in [0, 0.05) is 0 Å². The van der Waals surface area contributed by atoms with E-state index in [9.17, 15) is 4.79 Å². The molecule has 7 heteroatoms. The molecular formula is C8H9N5O2. The van der Waals surface area contributed by atoms with Gasteiger partial charge in [0.25, 0.3) is 5.91 Å². The first-order chi connectivity index (χ1) is 7.27. The minimum absolute atomic E-state index is 0.255. The Balaban J connectivity index is 2.01. The van der Waals surface area contributed by atoms with Crippen molar-refractivity contribution in [3.8, 4) is 0 Å². The summed E-state index contributed by atoms with van der Waals surface area (Å²) in [6.07, 6.45) is 1.44. The Morgan fingerprint density at radius 2 is 2.53 bits per heavy atom. The highest BCUT2D eigenvalue weighted by Crippen LogP contribution is 2.06. The predicted molar refractivity (Wildman–Crippen MR) is 48.8 cm³/mol. The number of rotatable bonds is 3. The first-order valence-corrected chi connectivity index (χ1v) is 4.35. The molecule has 78 valence electrons. The fourth-order valence-corrected chi connectivity index (χ4v) is 1.09. The molecule has 2 aromatic heterocycles. The van der Waals surface area contributed by atoms with Crippen LogP contribution >= 0.6 is 0 Å². The zero-order valence-electron chi connectivity index (χ0n) is 7.97. The quantitative estimate of drug-likeness (QED) is 0.753. The fraction of sp³-hybridized carbons (Fsp3) is 0.250. The van der Waals surface area contributed by atoms with Gasteiger partial charge >= 0.3 is 0 Å². The minimum Gasteiger partial charge on any atom is -0.459 e. The van der Waals surface area contributed by atoms with Crippen molar-refractivity contribution in [2.75, 3.05) is 0 Å². The number of H-pyrrole nitrogens is 1. The molecule has 1 unspecified atom stereocenters. The van der Waals surface area contributed by atoms with Gasteiger partial charge in [0.15, 0.2) is 11.6 Å². The van der Waals surface area contributed by atoms with E-state index in [1.807, 2.05) is 0 Å². The number of hydrogen-bond acceptors (Lipinski definition) is 5. The van der Waals surface area contributed by atoms with Crippen LogP contribution in [-0.4, -0.2) is 26.5 Å². The van der Waals surface area contributed by atoms with Crippen LogP contribution in [0.3, 0.4) is 0 Å². The standard InChI is InChI=1S/C8H9N5O2/c1-5(7-10-12-13-11-7)9-8(14)6-3-2-4-15-6/h2-5H,1H3,(H,9,14)(H,10,11,12,13). The molecule has 2 heterocycles. The summed E-state index contributed by atoms with van der Waals surface area (Å²) in [5.74, 6) is 0.373. The average molecular weight is 207 g/mol. The van der Waals surface area contributed by atoms with Gasteiger partial charge in [-0.3, -0.25) is 4.79 Å². The van der Waals surface area contributed by atoms with E-state index in [2.05, 4.69) is 25.9 Å². The first-order valence-electron chi connectivity index (χ1n) is 4.35. The normalized spacial score (nSPS) is 12.3. The van der Waals surface area contributed by atoms with Gasteiger partial charge in [0.05, 0.1) is 12.3 Å². The summed E-state index contributed by atoms with van der Waals surface area (Å²) < 4.78 is 4.94. The van der Waals surface area contributed by atoms with Gasteiger partial charge in [-0.15, -0.1) is 10.2 Å². The molecule has 0 saturated carbocycles. The minimum atomic E-state index is -0.318. The molecule has 0 bridgehead atoms. The summed E-state index contributed by atoms with van der Waals surface area (Å²) in [5.41, 5.74) is 0. The Bertz CT molecular complexity index is 422. The third-order valence-corrected chi connectivity index (χ3v) is 1.84. The number of tetrazole rings is 1. The second-order valence-corrected chi connectivity index (χ2v) is 2.94. The van der Waals surface area contributed by atoms with E-state index < -0.39 is 0 Å². The number of aromatic amines is 1. The van der Waals surface area contributed by atoms with Crippen LogP contribution in [0.15, 0.2) is 22.8 Å². The fourth-order valence-electron chi connectivity index (χ4n) is 1.09. The van der Waals surface area contributed by atoms with Crippen LogP contribution in [0.5, 0.6) is 0 Å². The Morgan fingerprint density at radius 1 is 1.67 bits per heavy atom. The van der Waals surface area contributed by atoms with Crippen molar-refractivity contribution in [2.45, 2.75) is 13.0 Å². The van der Waals surface area contributed by atoms with Crippen LogP contribution < -0.4 is 5.32 Å². The topological polar surface area (TPSA) is 96.7 Å². The lowest BCUT2D eigenvalue weighted by Crippen LogP contribution is -2.27. The van der Waals surface area contributed by atoms with Crippen LogP contribution in [0.25, 0.3) is 0 Å². The molecule has 15 heavy (non-hydrogen) atoms. The van der Waals surface area contributed by atoms with E-state index >= 15 is 0 Å². The second kappa shape index (κ2) is 3.91. The number of nitrogens with zero attached hydrogens (tertiary/aromatic N) is 3. The van der Waals surface area contributed by atoms with Crippen LogP contribution in [0.1, 0.15) is 29.3 Å². The number of furan rings is 1. The van der Waals surface area contributed by atoms with Gasteiger partial charge in [-0.2, -0.15) is 5.21 Å². The summed E-state index contributed by atoms with van der Waals surface area (Å²) in [4.78, 5) is 11.5. The van der Waals surface area contributed by atoms with Gasteiger partial charge in [-0.1, -0.05) is 5.21 Å². The molecule has 0 aliphatic heterocycles. The van der Waals surface area contributed by atoms with E-state index in [-0.39, 0.29) is 17.7 Å². The second-order valence-electron chi connectivity index (χ2n) is 2.94. The summed E-state index contributed by atoms with van der Waals surface area (Å²) in [5, 5.41) is 15.9. The van der Waals surface area contributed by atoms with Crippen LogP contribution in [0.2, 0.25) is 0 Å². The third kappa shape index (κ3) is 2.01. The number of nitrogens with one attached hydrogen (secondary N) is 2. The van der Waals surface area contributed by atoms with Crippen molar-refractivity contribution in [1.29, 1.82) is 0 Å². The molecule has 0 radical (unpaired) electrons. The highest BCUT2D eigenvalue weighted by atomic mass is 16.3. The van der Waals surface area contributed by atoms with E-state index in [4.69, 9.17) is 4.42 Å². The highest BCUT2D eigenvalue weighted by molar-refractivity contribution is 5.91. The number of carbonyl (C=O) groups excluding carboxylic acids is 1. The van der Waals surface area contributed by atoms with Gasteiger partial charge < -0.3 is 9.73 Å². The molecule has 2 rings (SSSR count). The van der Waals surface area contributed by atoms with E-state index in [1.54, 1.807) is 19.1 Å². The summed E-state index contributed by atoms with van der Waals surface area (Å²) in [7, 11) is 0. The maximum atomic E-state index is 11.5. The lowest BCUT2D eigenvalue weighted by atomic mass is 10.3. The average Bonchev–Trinajstić information content (AvgIpc) is 2.91. The van der Waals surface area contributed by atoms with Crippen LogP contribution in [-0.2, 0) is 0 Å². The lowest BCUT2D eigenvalue weighted by molar-refractivity contribution is 0.0910. The van der Waals surface area contributed by atoms with Crippen molar-refractivity contribution in [1.82, 2.24) is 25.9 Å². The molecule has 2 N–H and O–H groups in total. The van der Waals surface area contributed by atoms with Crippen molar-refractivity contribution < 1.29 is 9.21 Å². The molecule has 0 saturated heterocycles. The smallest absolute Gasteiger partial charge is 0.287 e. The third-order valence-electron chi connectivity index (χ3n) is 1.84. The van der Waals surface area contributed by atoms with Gasteiger partial charge in [0.1, 0.15) is 0 Å². The number of hydrogen-bond donors (Lipinski definition) is 2. The molecule has 7 nitrogen and oxygen atoms in total. The Kier molecular flexibility index (Phi) is 2.44. The number of amides is 1. The van der Waals surface area contributed by atoms with Crippen molar-refractivity contribution in [3.05, 3.63) is 30.0 Å². The maximum absolute atomic E-state index is 11.5. The predicted octanol–water partition coefficient (Wildman–Crippen LogP) is 0.284. The Labute approximate surface area is 84.9 Å². The van der Waals surface area contributed by atoms with Gasteiger partial charge in [0.2, 0.25) is 0 Å². The van der Waals surface area contributed by atoms with Gasteiger partial charge in [-0.25, -0.2) is 0 Å². The van der Waals surface area contributed by atoms with Crippen LogP contribution in [0, 0.1) is 0 Å². The number of carbonyl (C=O) groups is 1. The Morgan fingerprint density at radius 3 is 3.13 bits per heavy atom. The largest absolute Gasteiger partial charge is 0.459 e. The monoisotopic (exact) mass is 207 g/mol. The molecule has 0 aromatic carbocycles. The van der Waals surface area contributed by atoms with E-state index in [0.717, 1.165) is 0 Å². The van der Waals surface area contributed by atoms with E-state index in [1.165, 1.54) is 6.26 Å². The van der Waals surface area contributed by atoms with Crippen molar-refractivity contribution in [2.24, 2.45) is 0 Å². The molecule has 0 aliphatic carbocycles. The molecule has 0 spiro atoms. The van der Waals surface area contributed by atoms with E-state index in [0.29, 0.717) is 5.82 Å². The summed E-state index contributed by atoms with van der Waals surface area (Å²) in [6.45, 7) is 1.76. The maximum Gasteiger partial charge on any atom is 0.287 e. The first kappa shape index (κ1) is 9.38. The Hall–Kier alpha value is -2.18. The molecule has 1 amide bonds. The highest BCUT2D eigenvalue weighted by Gasteiger charge is 2.15. The SMILES string of the molecule is CC(NC(=O)c1ccco1)c1nn[nH]n1.